The van der Waals surface area contributed by atoms with Gasteiger partial charge < -0.3 is 5.73 Å². The monoisotopic (exact) mass is 96.1 g/mol. The normalized spacial score (nSPS) is 11.0. The average Bonchev–Trinajstić information content (AvgIpc) is 1.69. The van der Waals surface area contributed by atoms with Gasteiger partial charge in [0.15, 0.2) is 0 Å². The molecule has 38 valence electrons. The Morgan fingerprint density at radius 2 is 1.86 bits per heavy atom. The Hall–Kier alpha value is -0.820. The van der Waals surface area contributed by atoms with Gasteiger partial charge in [-0.25, -0.2) is 0 Å². The Morgan fingerprint density at radius 1 is 1.14 bits per heavy atom. The molecule has 1 nitrogen and oxygen atoms in total. The number of rotatable bonds is 2. The average molecular weight is 96.2 g/mol. The molecule has 0 aliphatic carbocycles. The van der Waals surface area contributed by atoms with E-state index < -0.39 is 0 Å². The van der Waals surface area contributed by atoms with Crippen LogP contribution in [0.2, 0.25) is 0 Å². The Bertz CT molecular complexity index is 90.4. The van der Waals surface area contributed by atoms with E-state index in [1.807, 2.05) is 18.2 Å². The van der Waals surface area contributed by atoms with E-state index in [0.717, 1.165) is 0 Å². The highest BCUT2D eigenvalue weighted by Gasteiger charge is 1.54. The zero-order valence-electron chi connectivity index (χ0n) is 4.30. The number of hydrogen-bond donors (Lipinski definition) is 1. The van der Waals surface area contributed by atoms with Crippen molar-refractivity contribution in [3.8, 4) is 0 Å². The fraction of sp³-hybridized carbons (Fsp3) is 0. The Kier molecular flexibility index (Phi) is 4.57. The molecule has 0 unspecified atom stereocenters. The van der Waals surface area contributed by atoms with E-state index in [1.54, 1.807) is 12.3 Å². The molecule has 1 heteroatoms. The van der Waals surface area contributed by atoms with Gasteiger partial charge in [-0.2, -0.15) is 0 Å². The Morgan fingerprint density at radius 3 is 2.29 bits per heavy atom. The van der Waals surface area contributed by atoms with E-state index in [2.05, 4.69) is 12.3 Å². The maximum absolute atomic E-state index is 3.49. The van der Waals surface area contributed by atoms with Crippen LogP contribution in [0.3, 0.4) is 0 Å². The summed E-state index contributed by atoms with van der Waals surface area (Å²) in [7, 11) is 0. The molecule has 0 aliphatic rings. The molecule has 3 N–H and O–H groups in total. The predicted octanol–water partition coefficient (Wildman–Crippen LogP) is 0.484. The van der Waals surface area contributed by atoms with Crippen LogP contribution in [0.1, 0.15) is 0 Å². The van der Waals surface area contributed by atoms with Crippen LogP contribution in [0.5, 0.6) is 0 Å². The lowest BCUT2D eigenvalue weighted by Crippen LogP contribution is -2.38. The van der Waals surface area contributed by atoms with Gasteiger partial charge in [0.1, 0.15) is 0 Å². The second-order valence-electron chi connectivity index (χ2n) is 1.05. The van der Waals surface area contributed by atoms with Crippen LogP contribution in [0.4, 0.5) is 0 Å². The molecule has 0 amide bonds. The molecular formula is C6H10N+. The van der Waals surface area contributed by atoms with Crippen LogP contribution in [0.25, 0.3) is 0 Å². The highest BCUT2D eigenvalue weighted by Crippen LogP contribution is 1.71. The highest BCUT2D eigenvalue weighted by atomic mass is 14.5. The minimum absolute atomic E-state index is 1.72. The Balaban J connectivity index is 3.27. The standard InChI is InChI=1S/C6H9N/c1-2-3-4-5-6-7/h2-6H,1,7H2/p+1. The summed E-state index contributed by atoms with van der Waals surface area (Å²) in [4.78, 5) is 0. The summed E-state index contributed by atoms with van der Waals surface area (Å²) in [5.41, 5.74) is 3.49. The molecule has 0 saturated carbocycles. The number of allylic oxidation sites excluding steroid dienone is 4. The van der Waals surface area contributed by atoms with Crippen molar-refractivity contribution >= 4 is 0 Å². The van der Waals surface area contributed by atoms with Gasteiger partial charge in [-0.15, -0.1) is 0 Å². The maximum atomic E-state index is 3.49. The summed E-state index contributed by atoms with van der Waals surface area (Å²) in [5, 5.41) is 0. The number of hydrogen-bond acceptors (Lipinski definition) is 0. The molecular weight excluding hydrogens is 86.1 g/mol. The van der Waals surface area contributed by atoms with E-state index in [1.165, 1.54) is 0 Å². The molecule has 0 radical (unpaired) electrons. The molecule has 0 aromatic carbocycles. The summed E-state index contributed by atoms with van der Waals surface area (Å²) in [6, 6.07) is 0. The first-order chi connectivity index (χ1) is 3.41. The van der Waals surface area contributed by atoms with Crippen molar-refractivity contribution in [1.29, 1.82) is 0 Å². The van der Waals surface area contributed by atoms with Crippen molar-refractivity contribution in [2.45, 2.75) is 0 Å². The van der Waals surface area contributed by atoms with Crippen molar-refractivity contribution in [3.05, 3.63) is 37.1 Å². The molecule has 0 saturated heterocycles. The lowest BCUT2D eigenvalue weighted by atomic mass is 10.5. The third kappa shape index (κ3) is 5.18. The van der Waals surface area contributed by atoms with E-state index in [4.69, 9.17) is 0 Å². The summed E-state index contributed by atoms with van der Waals surface area (Å²) in [5.74, 6) is 0. The van der Waals surface area contributed by atoms with Crippen molar-refractivity contribution in [1.82, 2.24) is 0 Å². The van der Waals surface area contributed by atoms with Gasteiger partial charge >= 0.3 is 0 Å². The topological polar surface area (TPSA) is 27.6 Å². The SMILES string of the molecule is C=CC=CC=C[NH3+]. The zero-order chi connectivity index (χ0) is 5.54. The Labute approximate surface area is 43.8 Å². The minimum Gasteiger partial charge on any atom is -0.331 e. The third-order valence-electron chi connectivity index (χ3n) is 0.494. The first kappa shape index (κ1) is 6.18. The second kappa shape index (κ2) is 5.18. The summed E-state index contributed by atoms with van der Waals surface area (Å²) >= 11 is 0. The van der Waals surface area contributed by atoms with Crippen LogP contribution in [0, 0.1) is 0 Å². The van der Waals surface area contributed by atoms with Crippen molar-refractivity contribution < 1.29 is 5.73 Å². The fourth-order valence-electron chi connectivity index (χ4n) is 0.221. The fourth-order valence-corrected chi connectivity index (χ4v) is 0.221. The van der Waals surface area contributed by atoms with Crippen molar-refractivity contribution in [3.63, 3.8) is 0 Å². The van der Waals surface area contributed by atoms with Crippen molar-refractivity contribution in [2.75, 3.05) is 0 Å². The lowest BCUT2D eigenvalue weighted by Gasteiger charge is -1.63. The van der Waals surface area contributed by atoms with Crippen LogP contribution >= 0.6 is 0 Å². The molecule has 0 aliphatic heterocycles. The molecule has 0 atom stereocenters. The van der Waals surface area contributed by atoms with Gasteiger partial charge in [-0.1, -0.05) is 24.8 Å². The lowest BCUT2D eigenvalue weighted by molar-refractivity contribution is -0.274. The van der Waals surface area contributed by atoms with Gasteiger partial charge in [0.05, 0.1) is 6.20 Å². The van der Waals surface area contributed by atoms with E-state index in [0.29, 0.717) is 0 Å². The number of quaternary nitrogens is 1. The van der Waals surface area contributed by atoms with Gasteiger partial charge in [-0.05, 0) is 6.08 Å². The maximum Gasteiger partial charge on any atom is 0.0909 e. The molecule has 0 rings (SSSR count). The van der Waals surface area contributed by atoms with E-state index in [-0.39, 0.29) is 0 Å². The van der Waals surface area contributed by atoms with E-state index in [9.17, 15) is 0 Å². The van der Waals surface area contributed by atoms with Gasteiger partial charge in [0, 0.05) is 0 Å². The molecule has 0 aromatic rings. The van der Waals surface area contributed by atoms with E-state index >= 15 is 0 Å². The molecule has 0 spiro atoms. The van der Waals surface area contributed by atoms with Crippen LogP contribution < -0.4 is 5.73 Å². The highest BCUT2D eigenvalue weighted by molar-refractivity contribution is 5.06. The van der Waals surface area contributed by atoms with Gasteiger partial charge in [0.25, 0.3) is 0 Å². The van der Waals surface area contributed by atoms with Crippen LogP contribution in [0.15, 0.2) is 37.1 Å². The minimum atomic E-state index is 1.72. The van der Waals surface area contributed by atoms with Crippen molar-refractivity contribution in [2.24, 2.45) is 0 Å². The van der Waals surface area contributed by atoms with Crippen LogP contribution in [-0.4, -0.2) is 0 Å². The first-order valence-electron chi connectivity index (χ1n) is 2.15. The summed E-state index contributed by atoms with van der Waals surface area (Å²) in [6.07, 6.45) is 9.02. The quantitative estimate of drug-likeness (QED) is 0.484. The predicted molar refractivity (Wildman–Crippen MR) is 31.4 cm³/mol. The van der Waals surface area contributed by atoms with Gasteiger partial charge in [0.2, 0.25) is 0 Å². The van der Waals surface area contributed by atoms with Crippen LogP contribution in [-0.2, 0) is 0 Å². The third-order valence-corrected chi connectivity index (χ3v) is 0.494. The molecule has 0 aromatic heterocycles. The molecule has 0 heterocycles. The molecule has 0 bridgehead atoms. The molecule has 0 fully saturated rings. The molecule has 7 heavy (non-hydrogen) atoms. The first-order valence-corrected chi connectivity index (χ1v) is 2.15. The zero-order valence-corrected chi connectivity index (χ0v) is 4.30. The smallest absolute Gasteiger partial charge is 0.0909 e. The van der Waals surface area contributed by atoms with Gasteiger partial charge in [-0.3, -0.25) is 0 Å². The largest absolute Gasteiger partial charge is 0.331 e. The summed E-state index contributed by atoms with van der Waals surface area (Å²) in [6.45, 7) is 3.49. The summed E-state index contributed by atoms with van der Waals surface area (Å²) < 4.78 is 0. The second-order valence-corrected chi connectivity index (χ2v) is 1.05.